The van der Waals surface area contributed by atoms with E-state index in [1.54, 1.807) is 18.7 Å². The molecule has 0 atom stereocenters. The van der Waals surface area contributed by atoms with Crippen molar-refractivity contribution in [2.24, 2.45) is 0 Å². The zero-order valence-corrected chi connectivity index (χ0v) is 15.9. The van der Waals surface area contributed by atoms with Gasteiger partial charge in [-0.1, -0.05) is 18.2 Å². The van der Waals surface area contributed by atoms with Crippen LogP contribution in [0.3, 0.4) is 0 Å². The minimum atomic E-state index is 0.489. The van der Waals surface area contributed by atoms with E-state index in [9.17, 15) is 0 Å². The molecule has 29 heavy (non-hydrogen) atoms. The molecule has 0 spiro atoms. The van der Waals surface area contributed by atoms with Gasteiger partial charge in [0.15, 0.2) is 11.6 Å². The van der Waals surface area contributed by atoms with Crippen LogP contribution in [-0.2, 0) is 0 Å². The number of benzene rings is 1. The Balaban J connectivity index is 1.40. The molecule has 0 amide bonds. The Morgan fingerprint density at radius 1 is 1.00 bits per heavy atom. The normalized spacial score (nSPS) is 12.9. The van der Waals surface area contributed by atoms with Crippen LogP contribution >= 0.6 is 0 Å². The van der Waals surface area contributed by atoms with Gasteiger partial charge in [-0.25, -0.2) is 15.0 Å². The number of fused-ring (bicyclic) bond motifs is 1. The maximum absolute atomic E-state index is 5.73. The predicted octanol–water partition coefficient (Wildman–Crippen LogP) is 3.64. The lowest BCUT2D eigenvalue weighted by atomic mass is 10.2. The summed E-state index contributed by atoms with van der Waals surface area (Å²) < 4.78 is 7.61. The number of aromatic nitrogens is 5. The van der Waals surface area contributed by atoms with Crippen LogP contribution in [0.25, 0.3) is 5.82 Å². The minimum absolute atomic E-state index is 0.489. The highest BCUT2D eigenvalue weighted by Crippen LogP contribution is 2.35. The number of hydrogen-bond acceptors (Lipinski definition) is 7. The van der Waals surface area contributed by atoms with Crippen molar-refractivity contribution in [3.63, 3.8) is 0 Å². The summed E-state index contributed by atoms with van der Waals surface area (Å²) in [4.78, 5) is 19.9. The van der Waals surface area contributed by atoms with Crippen molar-refractivity contribution in [3.05, 3.63) is 73.1 Å². The molecule has 1 aromatic carbocycles. The lowest BCUT2D eigenvalue weighted by Gasteiger charge is -2.30. The summed E-state index contributed by atoms with van der Waals surface area (Å²) in [5.74, 6) is 2.71. The largest absolute Gasteiger partial charge is 0.486 e. The summed E-state index contributed by atoms with van der Waals surface area (Å²) in [5, 5.41) is 3.22. The second kappa shape index (κ2) is 7.23. The van der Waals surface area contributed by atoms with Gasteiger partial charge in [-0.05, 0) is 31.2 Å². The van der Waals surface area contributed by atoms with Crippen molar-refractivity contribution in [3.8, 4) is 11.6 Å². The highest BCUT2D eigenvalue weighted by atomic mass is 16.5. The Morgan fingerprint density at radius 3 is 2.66 bits per heavy atom. The molecule has 0 radical (unpaired) electrons. The zero-order valence-electron chi connectivity index (χ0n) is 15.9. The Kier molecular flexibility index (Phi) is 4.28. The molecule has 4 heterocycles. The maximum atomic E-state index is 5.73. The van der Waals surface area contributed by atoms with Crippen LogP contribution in [0.2, 0.25) is 0 Å². The summed E-state index contributed by atoms with van der Waals surface area (Å²) in [6, 6.07) is 14.0. The van der Waals surface area contributed by atoms with Crippen LogP contribution in [-0.4, -0.2) is 37.7 Å². The van der Waals surface area contributed by atoms with Crippen molar-refractivity contribution >= 4 is 23.1 Å². The van der Waals surface area contributed by atoms with Crippen molar-refractivity contribution in [1.29, 1.82) is 0 Å². The lowest BCUT2D eigenvalue weighted by Crippen LogP contribution is -2.29. The van der Waals surface area contributed by atoms with Crippen molar-refractivity contribution < 1.29 is 4.74 Å². The fourth-order valence-electron chi connectivity index (χ4n) is 3.22. The molecule has 0 saturated heterocycles. The van der Waals surface area contributed by atoms with Gasteiger partial charge in [-0.3, -0.25) is 4.57 Å². The average Bonchev–Trinajstić information content (AvgIpc) is 3.21. The van der Waals surface area contributed by atoms with E-state index < -0.39 is 0 Å². The first-order chi connectivity index (χ1) is 14.3. The van der Waals surface area contributed by atoms with Gasteiger partial charge in [0, 0.05) is 11.9 Å². The number of imidazole rings is 1. The van der Waals surface area contributed by atoms with Crippen molar-refractivity contribution in [1.82, 2.24) is 24.5 Å². The van der Waals surface area contributed by atoms with Gasteiger partial charge in [-0.15, -0.1) is 0 Å². The molecule has 0 saturated carbocycles. The van der Waals surface area contributed by atoms with E-state index in [1.165, 1.54) is 0 Å². The predicted molar refractivity (Wildman–Crippen MR) is 110 cm³/mol. The number of para-hydroxylation sites is 1. The van der Waals surface area contributed by atoms with E-state index in [-0.39, 0.29) is 0 Å². The zero-order chi connectivity index (χ0) is 19.6. The highest BCUT2D eigenvalue weighted by molar-refractivity contribution is 5.68. The molecule has 1 N–H and O–H groups in total. The second-order valence-electron chi connectivity index (χ2n) is 6.67. The third-order valence-electron chi connectivity index (χ3n) is 4.61. The Labute approximate surface area is 167 Å². The second-order valence-corrected chi connectivity index (χ2v) is 6.67. The number of nitrogens with zero attached hydrogens (tertiary/aromatic N) is 6. The smallest absolute Gasteiger partial charge is 0.229 e. The van der Waals surface area contributed by atoms with Crippen molar-refractivity contribution in [2.75, 3.05) is 23.4 Å². The molecule has 4 aromatic rings. The van der Waals surface area contributed by atoms with Crippen LogP contribution in [0, 0.1) is 6.92 Å². The average molecular weight is 385 g/mol. The molecule has 1 aliphatic heterocycles. The lowest BCUT2D eigenvalue weighted by molar-refractivity contribution is 0.310. The number of pyridine rings is 1. The number of hydrogen-bond donors (Lipinski definition) is 1. The molecule has 0 bridgehead atoms. The molecule has 8 nitrogen and oxygen atoms in total. The first kappa shape index (κ1) is 17.2. The van der Waals surface area contributed by atoms with Gasteiger partial charge >= 0.3 is 0 Å². The van der Waals surface area contributed by atoms with E-state index in [0.29, 0.717) is 18.3 Å². The molecule has 0 fully saturated rings. The first-order valence-electron chi connectivity index (χ1n) is 9.33. The number of rotatable bonds is 4. The number of aryl methyl sites for hydroxylation is 1. The van der Waals surface area contributed by atoms with Crippen LogP contribution in [0.5, 0.6) is 5.75 Å². The molecular formula is C21H19N7O. The number of nitrogens with one attached hydrogen (secondary N) is 1. The molecule has 144 valence electrons. The van der Waals surface area contributed by atoms with Gasteiger partial charge in [0.2, 0.25) is 5.95 Å². The standard InChI is InChI=1S/C21H19N7O/c1-15-13-27(14-24-15)19-8-7-16(11-22-19)25-21-23-12-18-20(26-21)28(9-10-29-18)17-5-3-2-4-6-17/h2-8,11-14H,9-10H2,1H3,(H,23,25,26). The molecule has 5 rings (SSSR count). The van der Waals surface area contributed by atoms with Gasteiger partial charge in [0.1, 0.15) is 18.8 Å². The minimum Gasteiger partial charge on any atom is -0.486 e. The third kappa shape index (κ3) is 3.47. The molecule has 0 aliphatic carbocycles. The fraction of sp³-hybridized carbons (Fsp3) is 0.143. The maximum Gasteiger partial charge on any atom is 0.229 e. The molecular weight excluding hydrogens is 366 g/mol. The SMILES string of the molecule is Cc1cn(-c2ccc(Nc3ncc4c(n3)N(c3ccccc3)CCO4)cn2)cn1. The van der Waals surface area contributed by atoms with Gasteiger partial charge < -0.3 is 15.0 Å². The monoisotopic (exact) mass is 385 g/mol. The van der Waals surface area contributed by atoms with Crippen molar-refractivity contribution in [2.45, 2.75) is 6.92 Å². The van der Waals surface area contributed by atoms with Gasteiger partial charge in [0.25, 0.3) is 0 Å². The van der Waals surface area contributed by atoms with E-state index in [1.807, 2.05) is 48.0 Å². The van der Waals surface area contributed by atoms with Crippen LogP contribution < -0.4 is 15.0 Å². The number of ether oxygens (including phenoxy) is 1. The molecule has 3 aromatic heterocycles. The Hall–Kier alpha value is -3.94. The van der Waals surface area contributed by atoms with Gasteiger partial charge in [0.05, 0.1) is 30.3 Å². The highest BCUT2D eigenvalue weighted by Gasteiger charge is 2.22. The quantitative estimate of drug-likeness (QED) is 0.574. The summed E-state index contributed by atoms with van der Waals surface area (Å²) in [7, 11) is 0. The van der Waals surface area contributed by atoms with E-state index in [2.05, 4.69) is 42.3 Å². The first-order valence-corrected chi connectivity index (χ1v) is 9.33. The molecule has 0 unspecified atom stereocenters. The Bertz CT molecular complexity index is 1130. The molecule has 1 aliphatic rings. The van der Waals surface area contributed by atoms with E-state index in [0.717, 1.165) is 35.2 Å². The van der Waals surface area contributed by atoms with Crippen LogP contribution in [0.1, 0.15) is 5.69 Å². The summed E-state index contributed by atoms with van der Waals surface area (Å²) in [6.07, 6.45) is 7.13. The van der Waals surface area contributed by atoms with E-state index >= 15 is 0 Å². The third-order valence-corrected chi connectivity index (χ3v) is 4.61. The fourth-order valence-corrected chi connectivity index (χ4v) is 3.22. The molecule has 8 heteroatoms. The van der Waals surface area contributed by atoms with Gasteiger partial charge in [-0.2, -0.15) is 4.98 Å². The summed E-state index contributed by atoms with van der Waals surface area (Å²) in [5.41, 5.74) is 2.82. The van der Waals surface area contributed by atoms with Crippen LogP contribution in [0.4, 0.5) is 23.1 Å². The topological polar surface area (TPSA) is 81.0 Å². The Morgan fingerprint density at radius 2 is 1.90 bits per heavy atom. The summed E-state index contributed by atoms with van der Waals surface area (Å²) >= 11 is 0. The van der Waals surface area contributed by atoms with Crippen LogP contribution in [0.15, 0.2) is 67.4 Å². The van der Waals surface area contributed by atoms with E-state index in [4.69, 9.17) is 4.74 Å². The summed E-state index contributed by atoms with van der Waals surface area (Å²) in [6.45, 7) is 3.27. The number of anilines is 4.